The summed E-state index contributed by atoms with van der Waals surface area (Å²) in [5.74, 6) is 1.06. The molecule has 23 heavy (non-hydrogen) atoms. The standard InChI is InChI=1S/C17H22N4OS/c1-11-2-8-14(9-3-11)23-15-10-19-17(18)21-16(15)20-12-4-6-13(22)7-5-12/h2-3,8-10,12-13,22H,4-7H2,1H3,(H3,18,19,20,21)/t12-,13-. The van der Waals surface area contributed by atoms with E-state index < -0.39 is 0 Å². The summed E-state index contributed by atoms with van der Waals surface area (Å²) in [6, 6.07) is 8.70. The van der Waals surface area contributed by atoms with Crippen LogP contribution in [0.1, 0.15) is 31.2 Å². The zero-order valence-electron chi connectivity index (χ0n) is 13.2. The van der Waals surface area contributed by atoms with Gasteiger partial charge in [0.1, 0.15) is 5.82 Å². The van der Waals surface area contributed by atoms with E-state index in [0.717, 1.165) is 41.3 Å². The first kappa shape index (κ1) is 16.1. The normalized spacial score (nSPS) is 21.1. The van der Waals surface area contributed by atoms with Crippen molar-refractivity contribution in [2.45, 2.75) is 54.5 Å². The first-order valence-electron chi connectivity index (χ1n) is 7.92. The summed E-state index contributed by atoms with van der Waals surface area (Å²) in [5.41, 5.74) is 6.99. The number of aliphatic hydroxyl groups is 1. The van der Waals surface area contributed by atoms with Crippen molar-refractivity contribution < 1.29 is 5.11 Å². The number of hydrogen-bond donors (Lipinski definition) is 3. The largest absolute Gasteiger partial charge is 0.393 e. The van der Waals surface area contributed by atoms with E-state index >= 15 is 0 Å². The van der Waals surface area contributed by atoms with Crippen LogP contribution in [-0.2, 0) is 0 Å². The minimum absolute atomic E-state index is 0.162. The smallest absolute Gasteiger partial charge is 0.221 e. The lowest BCUT2D eigenvalue weighted by molar-refractivity contribution is 0.126. The number of aliphatic hydroxyl groups excluding tert-OH is 1. The second-order valence-electron chi connectivity index (χ2n) is 6.01. The number of anilines is 2. The summed E-state index contributed by atoms with van der Waals surface area (Å²) in [5, 5.41) is 13.1. The molecule has 0 atom stereocenters. The van der Waals surface area contributed by atoms with Crippen LogP contribution < -0.4 is 11.1 Å². The Morgan fingerprint density at radius 3 is 2.57 bits per heavy atom. The molecule has 0 unspecified atom stereocenters. The Labute approximate surface area is 140 Å². The summed E-state index contributed by atoms with van der Waals surface area (Å²) in [7, 11) is 0. The molecule has 3 rings (SSSR count). The van der Waals surface area contributed by atoms with Crippen molar-refractivity contribution in [3.05, 3.63) is 36.0 Å². The van der Waals surface area contributed by atoms with Gasteiger partial charge in [-0.25, -0.2) is 4.98 Å². The summed E-state index contributed by atoms with van der Waals surface area (Å²) in [6.45, 7) is 2.07. The third-order valence-electron chi connectivity index (χ3n) is 4.06. The maximum atomic E-state index is 9.63. The first-order chi connectivity index (χ1) is 11.1. The monoisotopic (exact) mass is 330 g/mol. The number of benzene rings is 1. The van der Waals surface area contributed by atoms with Gasteiger partial charge < -0.3 is 16.2 Å². The molecule has 0 amide bonds. The molecule has 1 fully saturated rings. The van der Waals surface area contributed by atoms with E-state index in [1.54, 1.807) is 18.0 Å². The fourth-order valence-corrected chi connectivity index (χ4v) is 3.54. The lowest BCUT2D eigenvalue weighted by Crippen LogP contribution is -2.28. The predicted octanol–water partition coefficient (Wildman–Crippen LogP) is 3.23. The number of rotatable bonds is 4. The fourth-order valence-electron chi connectivity index (χ4n) is 2.71. The lowest BCUT2D eigenvalue weighted by atomic mass is 9.93. The Hall–Kier alpha value is -1.79. The molecule has 0 aliphatic heterocycles. The Balaban J connectivity index is 1.76. The molecular formula is C17H22N4OS. The Bertz CT molecular complexity index is 654. The molecule has 1 aromatic carbocycles. The molecule has 0 spiro atoms. The van der Waals surface area contributed by atoms with E-state index in [9.17, 15) is 5.11 Å². The Morgan fingerprint density at radius 2 is 1.87 bits per heavy atom. The van der Waals surface area contributed by atoms with Crippen molar-refractivity contribution in [2.24, 2.45) is 0 Å². The van der Waals surface area contributed by atoms with E-state index in [1.165, 1.54) is 5.56 Å². The average Bonchev–Trinajstić information content (AvgIpc) is 2.54. The van der Waals surface area contributed by atoms with Crippen molar-refractivity contribution in [3.8, 4) is 0 Å². The van der Waals surface area contributed by atoms with Gasteiger partial charge in [-0.2, -0.15) is 4.98 Å². The maximum Gasteiger partial charge on any atom is 0.221 e. The molecule has 1 saturated carbocycles. The molecule has 6 heteroatoms. The van der Waals surface area contributed by atoms with Crippen LogP contribution in [0.4, 0.5) is 11.8 Å². The second kappa shape index (κ2) is 7.19. The number of aromatic nitrogens is 2. The summed E-state index contributed by atoms with van der Waals surface area (Å²) in [4.78, 5) is 10.6. The van der Waals surface area contributed by atoms with E-state index in [-0.39, 0.29) is 12.1 Å². The van der Waals surface area contributed by atoms with Crippen molar-refractivity contribution in [1.29, 1.82) is 0 Å². The zero-order chi connectivity index (χ0) is 16.2. The molecule has 1 aliphatic rings. The number of nitrogens with two attached hydrogens (primary N) is 1. The highest BCUT2D eigenvalue weighted by atomic mass is 32.2. The molecule has 122 valence electrons. The SMILES string of the molecule is Cc1ccc(Sc2cnc(N)nc2N[C@H]2CC[C@H](O)CC2)cc1. The minimum atomic E-state index is -0.162. The molecule has 1 aromatic heterocycles. The molecular weight excluding hydrogens is 308 g/mol. The topological polar surface area (TPSA) is 84.1 Å². The predicted molar refractivity (Wildman–Crippen MR) is 93.6 cm³/mol. The molecule has 1 heterocycles. The molecule has 5 nitrogen and oxygen atoms in total. The molecule has 2 aromatic rings. The number of hydrogen-bond acceptors (Lipinski definition) is 6. The van der Waals surface area contributed by atoms with E-state index in [2.05, 4.69) is 46.5 Å². The van der Waals surface area contributed by atoms with Gasteiger partial charge >= 0.3 is 0 Å². The molecule has 1 aliphatic carbocycles. The first-order valence-corrected chi connectivity index (χ1v) is 8.73. The number of nitrogen functional groups attached to an aromatic ring is 1. The fraction of sp³-hybridized carbons (Fsp3) is 0.412. The van der Waals surface area contributed by atoms with E-state index in [1.807, 2.05) is 0 Å². The highest BCUT2D eigenvalue weighted by molar-refractivity contribution is 7.99. The van der Waals surface area contributed by atoms with E-state index in [4.69, 9.17) is 5.73 Å². The van der Waals surface area contributed by atoms with Crippen molar-refractivity contribution in [3.63, 3.8) is 0 Å². The Morgan fingerprint density at radius 1 is 1.17 bits per heavy atom. The quantitative estimate of drug-likeness (QED) is 0.798. The van der Waals surface area contributed by atoms with Gasteiger partial charge in [0.2, 0.25) is 5.95 Å². The highest BCUT2D eigenvalue weighted by Gasteiger charge is 2.21. The highest BCUT2D eigenvalue weighted by Crippen LogP contribution is 2.33. The van der Waals surface area contributed by atoms with Crippen LogP contribution >= 0.6 is 11.8 Å². The molecule has 0 bridgehead atoms. The average molecular weight is 330 g/mol. The van der Waals surface area contributed by atoms with Gasteiger partial charge in [-0.15, -0.1) is 0 Å². The number of aryl methyl sites for hydroxylation is 1. The van der Waals surface area contributed by atoms with Crippen LogP contribution in [0.15, 0.2) is 40.3 Å². The third kappa shape index (κ3) is 4.36. The van der Waals surface area contributed by atoms with Gasteiger partial charge in [-0.3, -0.25) is 0 Å². The van der Waals surface area contributed by atoms with Gasteiger partial charge in [0.05, 0.1) is 11.0 Å². The molecule has 4 N–H and O–H groups in total. The second-order valence-corrected chi connectivity index (χ2v) is 7.12. The lowest BCUT2D eigenvalue weighted by Gasteiger charge is -2.27. The third-order valence-corrected chi connectivity index (χ3v) is 5.09. The van der Waals surface area contributed by atoms with Crippen LogP contribution in [0.25, 0.3) is 0 Å². The number of nitrogens with one attached hydrogen (secondary N) is 1. The van der Waals surface area contributed by atoms with Gasteiger partial charge in [-0.05, 0) is 44.7 Å². The summed E-state index contributed by atoms with van der Waals surface area (Å²) in [6.07, 6.45) is 5.16. The summed E-state index contributed by atoms with van der Waals surface area (Å²) >= 11 is 1.63. The number of nitrogens with zero attached hydrogens (tertiary/aromatic N) is 2. The summed E-state index contributed by atoms with van der Waals surface area (Å²) < 4.78 is 0. The van der Waals surface area contributed by atoms with Crippen LogP contribution in [0.2, 0.25) is 0 Å². The van der Waals surface area contributed by atoms with Crippen LogP contribution in [0, 0.1) is 6.92 Å². The maximum absolute atomic E-state index is 9.63. The molecule has 0 saturated heterocycles. The van der Waals surface area contributed by atoms with Gasteiger partial charge in [0.25, 0.3) is 0 Å². The molecule has 0 radical (unpaired) electrons. The zero-order valence-corrected chi connectivity index (χ0v) is 14.0. The van der Waals surface area contributed by atoms with Gasteiger partial charge in [0, 0.05) is 17.1 Å². The van der Waals surface area contributed by atoms with Crippen molar-refractivity contribution in [1.82, 2.24) is 9.97 Å². The Kier molecular flexibility index (Phi) is 5.03. The van der Waals surface area contributed by atoms with Gasteiger partial charge in [-0.1, -0.05) is 29.5 Å². The minimum Gasteiger partial charge on any atom is -0.393 e. The van der Waals surface area contributed by atoms with Crippen LogP contribution in [0.5, 0.6) is 0 Å². The van der Waals surface area contributed by atoms with Crippen LogP contribution in [-0.4, -0.2) is 27.2 Å². The van der Waals surface area contributed by atoms with Crippen LogP contribution in [0.3, 0.4) is 0 Å². The van der Waals surface area contributed by atoms with Gasteiger partial charge in [0.15, 0.2) is 0 Å². The van der Waals surface area contributed by atoms with Crippen molar-refractivity contribution in [2.75, 3.05) is 11.1 Å². The van der Waals surface area contributed by atoms with E-state index in [0.29, 0.717) is 6.04 Å². The van der Waals surface area contributed by atoms with Crippen molar-refractivity contribution >= 4 is 23.5 Å².